The van der Waals surface area contributed by atoms with Crippen LogP contribution >= 0.6 is 45.2 Å². The van der Waals surface area contributed by atoms with Crippen molar-refractivity contribution in [2.45, 2.75) is 32.8 Å². The van der Waals surface area contributed by atoms with E-state index in [-0.39, 0.29) is 18.3 Å². The molecule has 0 bridgehead atoms. The Balaban J connectivity index is 1.95. The standard InChI is InChI=1S/C25H27I2NO5/c1-5-15(2)32-22(29)14-21-23(17-8-6-7-9-20(17)33-21)24(30)16-12-18(26)25(19(27)13-16)31-11-10-28(3)4/h6-9,12-13,15H,5,10-11,14H2,1-4H3/t15-/m1/s1. The highest BCUT2D eigenvalue weighted by Crippen LogP contribution is 2.33. The van der Waals surface area contributed by atoms with Crippen molar-refractivity contribution < 1.29 is 23.5 Å². The first kappa shape index (κ1) is 26.0. The third-order valence-corrected chi connectivity index (χ3v) is 6.76. The molecule has 0 aliphatic carbocycles. The lowest BCUT2D eigenvalue weighted by atomic mass is 9.99. The molecule has 0 spiro atoms. The van der Waals surface area contributed by atoms with Crippen LogP contribution in [-0.2, 0) is 16.0 Å². The average molecular weight is 675 g/mol. The van der Waals surface area contributed by atoms with Crippen molar-refractivity contribution in [3.05, 3.63) is 60.4 Å². The number of benzene rings is 2. The number of nitrogens with zero attached hydrogens (tertiary/aromatic N) is 1. The summed E-state index contributed by atoms with van der Waals surface area (Å²) in [6.07, 6.45) is 0.432. The zero-order chi connectivity index (χ0) is 24.1. The number of hydrogen-bond acceptors (Lipinski definition) is 6. The average Bonchev–Trinajstić information content (AvgIpc) is 3.12. The topological polar surface area (TPSA) is 69.0 Å². The molecule has 8 heteroatoms. The van der Waals surface area contributed by atoms with Crippen LogP contribution in [-0.4, -0.2) is 50.0 Å². The molecular weight excluding hydrogens is 648 g/mol. The molecule has 0 aliphatic heterocycles. The fourth-order valence-corrected chi connectivity index (χ4v) is 5.33. The quantitative estimate of drug-likeness (QED) is 0.156. The van der Waals surface area contributed by atoms with Gasteiger partial charge < -0.3 is 18.8 Å². The number of furan rings is 1. The van der Waals surface area contributed by atoms with Crippen LogP contribution in [0.15, 0.2) is 40.8 Å². The summed E-state index contributed by atoms with van der Waals surface area (Å²) in [7, 11) is 3.99. The van der Waals surface area contributed by atoms with Gasteiger partial charge in [0.1, 0.15) is 30.1 Å². The minimum absolute atomic E-state index is 0.0972. The van der Waals surface area contributed by atoms with Gasteiger partial charge in [-0.2, -0.15) is 0 Å². The van der Waals surface area contributed by atoms with Crippen molar-refractivity contribution in [2.75, 3.05) is 27.2 Å². The molecule has 1 atom stereocenters. The molecule has 0 unspecified atom stereocenters. The lowest BCUT2D eigenvalue weighted by Crippen LogP contribution is -2.20. The summed E-state index contributed by atoms with van der Waals surface area (Å²) < 4.78 is 19.0. The molecule has 6 nitrogen and oxygen atoms in total. The Bertz CT molecular complexity index is 1130. The lowest BCUT2D eigenvalue weighted by Gasteiger charge is -2.14. The van der Waals surface area contributed by atoms with Crippen molar-refractivity contribution in [3.8, 4) is 5.75 Å². The van der Waals surface area contributed by atoms with Gasteiger partial charge in [-0.3, -0.25) is 9.59 Å². The lowest BCUT2D eigenvalue weighted by molar-refractivity contribution is -0.147. The first-order chi connectivity index (χ1) is 15.7. The van der Waals surface area contributed by atoms with E-state index in [0.29, 0.717) is 34.5 Å². The fraction of sp³-hybridized carbons (Fsp3) is 0.360. The summed E-state index contributed by atoms with van der Waals surface area (Å²) in [6.45, 7) is 5.14. The van der Waals surface area contributed by atoms with Gasteiger partial charge in [-0.05, 0) is 90.8 Å². The largest absolute Gasteiger partial charge is 0.490 e. The van der Waals surface area contributed by atoms with E-state index < -0.39 is 5.97 Å². The minimum atomic E-state index is -0.411. The smallest absolute Gasteiger partial charge is 0.313 e. The number of ketones is 1. The predicted molar refractivity (Wildman–Crippen MR) is 145 cm³/mol. The molecule has 0 saturated heterocycles. The number of carbonyl (C=O) groups is 2. The Kier molecular flexibility index (Phi) is 9.17. The molecular formula is C25H27I2NO5. The summed E-state index contributed by atoms with van der Waals surface area (Å²) >= 11 is 4.38. The Morgan fingerprint density at radius 2 is 1.79 bits per heavy atom. The number of ether oxygens (including phenoxy) is 2. The van der Waals surface area contributed by atoms with Gasteiger partial charge >= 0.3 is 5.97 Å². The molecule has 0 amide bonds. The molecule has 33 heavy (non-hydrogen) atoms. The molecule has 0 radical (unpaired) electrons. The van der Waals surface area contributed by atoms with Crippen molar-refractivity contribution >= 4 is 67.9 Å². The Hall–Kier alpha value is -1.66. The number of hydrogen-bond donors (Lipinski definition) is 0. The van der Waals surface area contributed by atoms with Crippen LogP contribution in [0.2, 0.25) is 0 Å². The highest BCUT2D eigenvalue weighted by Gasteiger charge is 2.25. The van der Waals surface area contributed by atoms with E-state index in [0.717, 1.165) is 25.9 Å². The molecule has 176 valence electrons. The molecule has 3 aromatic rings. The van der Waals surface area contributed by atoms with Gasteiger partial charge in [0.05, 0.1) is 18.8 Å². The number of para-hydroxylation sites is 1. The van der Waals surface area contributed by atoms with Gasteiger partial charge in [0.15, 0.2) is 5.78 Å². The number of esters is 1. The number of rotatable bonds is 10. The molecule has 0 fully saturated rings. The Labute approximate surface area is 221 Å². The maximum Gasteiger partial charge on any atom is 0.313 e. The SMILES string of the molecule is CC[C@@H](C)OC(=O)Cc1oc2ccccc2c1C(=O)c1cc(I)c(OCCN(C)C)c(I)c1. The van der Waals surface area contributed by atoms with Crippen LogP contribution in [0.3, 0.4) is 0 Å². The Morgan fingerprint density at radius 1 is 1.12 bits per heavy atom. The maximum atomic E-state index is 13.7. The van der Waals surface area contributed by atoms with Gasteiger partial charge in [0.2, 0.25) is 0 Å². The van der Waals surface area contributed by atoms with Crippen molar-refractivity contribution in [3.63, 3.8) is 0 Å². The number of likely N-dealkylation sites (N-methyl/N-ethyl adjacent to an activating group) is 1. The zero-order valence-corrected chi connectivity index (χ0v) is 23.4. The summed E-state index contributed by atoms with van der Waals surface area (Å²) in [4.78, 5) is 28.2. The molecule has 2 aromatic carbocycles. The highest BCUT2D eigenvalue weighted by atomic mass is 127. The molecule has 0 aliphatic rings. The van der Waals surface area contributed by atoms with E-state index in [9.17, 15) is 9.59 Å². The van der Waals surface area contributed by atoms with Crippen molar-refractivity contribution in [1.82, 2.24) is 4.90 Å². The molecule has 1 heterocycles. The monoisotopic (exact) mass is 675 g/mol. The number of halogens is 2. The molecule has 3 rings (SSSR count). The first-order valence-electron chi connectivity index (χ1n) is 10.7. The van der Waals surface area contributed by atoms with E-state index in [1.807, 2.05) is 58.3 Å². The van der Waals surface area contributed by atoms with Crippen LogP contribution in [0.1, 0.15) is 41.9 Å². The summed E-state index contributed by atoms with van der Waals surface area (Å²) in [5.41, 5.74) is 1.49. The minimum Gasteiger partial charge on any atom is -0.490 e. The highest BCUT2D eigenvalue weighted by molar-refractivity contribution is 14.1. The van der Waals surface area contributed by atoms with Crippen LogP contribution in [0.4, 0.5) is 0 Å². The van der Waals surface area contributed by atoms with E-state index in [2.05, 4.69) is 50.1 Å². The Morgan fingerprint density at radius 3 is 2.42 bits per heavy atom. The van der Waals surface area contributed by atoms with Crippen molar-refractivity contribution in [2.24, 2.45) is 0 Å². The zero-order valence-electron chi connectivity index (χ0n) is 19.1. The van der Waals surface area contributed by atoms with E-state index >= 15 is 0 Å². The van der Waals surface area contributed by atoms with Crippen molar-refractivity contribution in [1.29, 1.82) is 0 Å². The van der Waals surface area contributed by atoms with E-state index in [1.54, 1.807) is 6.07 Å². The number of fused-ring (bicyclic) bond motifs is 1. The van der Waals surface area contributed by atoms with Crippen LogP contribution in [0.25, 0.3) is 11.0 Å². The van der Waals surface area contributed by atoms with Gasteiger partial charge in [-0.25, -0.2) is 0 Å². The normalized spacial score (nSPS) is 12.2. The van der Waals surface area contributed by atoms with Crippen LogP contribution in [0.5, 0.6) is 5.75 Å². The van der Waals surface area contributed by atoms with Crippen LogP contribution < -0.4 is 4.74 Å². The summed E-state index contributed by atoms with van der Waals surface area (Å²) in [5.74, 6) is 0.489. The van der Waals surface area contributed by atoms with Gasteiger partial charge in [-0.15, -0.1) is 0 Å². The third-order valence-electron chi connectivity index (χ3n) is 5.15. The first-order valence-corrected chi connectivity index (χ1v) is 12.9. The summed E-state index contributed by atoms with van der Waals surface area (Å²) in [6, 6.07) is 11.0. The maximum absolute atomic E-state index is 13.7. The predicted octanol–water partition coefficient (Wildman–Crippen LogP) is 5.70. The second kappa shape index (κ2) is 11.7. The third kappa shape index (κ3) is 6.48. The summed E-state index contributed by atoms with van der Waals surface area (Å²) in [5, 5.41) is 0.685. The van der Waals surface area contributed by atoms with E-state index in [4.69, 9.17) is 13.9 Å². The fourth-order valence-electron chi connectivity index (χ4n) is 3.25. The molecule has 0 saturated carbocycles. The van der Waals surface area contributed by atoms with Gasteiger partial charge in [0, 0.05) is 17.5 Å². The van der Waals surface area contributed by atoms with Crippen LogP contribution in [0, 0.1) is 7.14 Å². The second-order valence-corrected chi connectivity index (χ2v) is 10.4. The van der Waals surface area contributed by atoms with E-state index in [1.165, 1.54) is 0 Å². The van der Waals surface area contributed by atoms with Gasteiger partial charge in [0.25, 0.3) is 0 Å². The van der Waals surface area contributed by atoms with Gasteiger partial charge in [-0.1, -0.05) is 25.1 Å². The molecule has 0 N–H and O–H groups in total. The number of carbonyl (C=O) groups excluding carboxylic acids is 2. The second-order valence-electron chi connectivity index (χ2n) is 8.03. The molecule has 1 aromatic heterocycles.